The lowest BCUT2D eigenvalue weighted by Crippen LogP contribution is -2.41. The number of hydrogen-bond acceptors (Lipinski definition) is 3. The van der Waals surface area contributed by atoms with Gasteiger partial charge in [-0.2, -0.15) is 0 Å². The lowest BCUT2D eigenvalue weighted by molar-refractivity contribution is -0.155. The van der Waals surface area contributed by atoms with E-state index in [9.17, 15) is 9.59 Å². The molecule has 1 amide bonds. The summed E-state index contributed by atoms with van der Waals surface area (Å²) < 4.78 is 5.42. The summed E-state index contributed by atoms with van der Waals surface area (Å²) in [6, 6.07) is 8.45. The molecule has 1 aromatic carbocycles. The number of amides is 1. The smallest absolute Gasteiger partial charge is 0.332 e. The molecule has 1 N–H and O–H groups in total. The summed E-state index contributed by atoms with van der Waals surface area (Å²) in [4.78, 5) is 25.5. The zero-order valence-corrected chi connectivity index (χ0v) is 13.6. The van der Waals surface area contributed by atoms with Gasteiger partial charge in [-0.15, -0.1) is 0 Å². The Labute approximate surface area is 136 Å². The van der Waals surface area contributed by atoms with Crippen molar-refractivity contribution in [2.75, 3.05) is 6.54 Å². The van der Waals surface area contributed by atoms with Gasteiger partial charge in [0.05, 0.1) is 0 Å². The number of aliphatic carboxylic acids is 1. The quantitative estimate of drug-likeness (QED) is 0.929. The van der Waals surface area contributed by atoms with Crippen molar-refractivity contribution in [1.82, 2.24) is 4.90 Å². The van der Waals surface area contributed by atoms with Crippen LogP contribution in [0.5, 0.6) is 0 Å². The Balaban J connectivity index is 1.69. The Morgan fingerprint density at radius 2 is 1.91 bits per heavy atom. The average molecular weight is 317 g/mol. The zero-order valence-electron chi connectivity index (χ0n) is 13.6. The molecule has 2 heterocycles. The van der Waals surface area contributed by atoms with Crippen LogP contribution in [0.2, 0.25) is 0 Å². The van der Waals surface area contributed by atoms with Gasteiger partial charge >= 0.3 is 5.97 Å². The summed E-state index contributed by atoms with van der Waals surface area (Å²) in [6.45, 7) is 4.84. The van der Waals surface area contributed by atoms with Crippen molar-refractivity contribution in [2.24, 2.45) is 0 Å². The molecule has 0 bridgehead atoms. The summed E-state index contributed by atoms with van der Waals surface area (Å²) in [7, 11) is 0. The highest BCUT2D eigenvalue weighted by atomic mass is 16.5. The van der Waals surface area contributed by atoms with Crippen LogP contribution in [0.3, 0.4) is 0 Å². The van der Waals surface area contributed by atoms with Crippen molar-refractivity contribution < 1.29 is 19.4 Å². The van der Waals surface area contributed by atoms with E-state index in [0.29, 0.717) is 25.3 Å². The van der Waals surface area contributed by atoms with Crippen LogP contribution < -0.4 is 0 Å². The molecule has 23 heavy (non-hydrogen) atoms. The number of hydrogen-bond donors (Lipinski definition) is 1. The Hall–Kier alpha value is -1.88. The summed E-state index contributed by atoms with van der Waals surface area (Å²) in [5.74, 6) is -0.697. The maximum atomic E-state index is 12.7. The molecule has 2 aliphatic rings. The van der Waals surface area contributed by atoms with Gasteiger partial charge in [-0.1, -0.05) is 24.3 Å². The van der Waals surface area contributed by atoms with E-state index >= 15 is 0 Å². The maximum Gasteiger partial charge on any atom is 0.332 e. The van der Waals surface area contributed by atoms with Gasteiger partial charge in [-0.25, -0.2) is 4.79 Å². The SMILES string of the molecule is Cc1ccccc1C1CC(C)N(C(=O)[C@@H]2CC[C@H](C(=O)O)O2)C1. The number of nitrogens with zero attached hydrogens (tertiary/aromatic N) is 1. The topological polar surface area (TPSA) is 66.8 Å². The molecule has 0 aromatic heterocycles. The minimum Gasteiger partial charge on any atom is -0.479 e. The Morgan fingerprint density at radius 3 is 2.57 bits per heavy atom. The number of likely N-dealkylation sites (tertiary alicyclic amines) is 1. The summed E-state index contributed by atoms with van der Waals surface area (Å²) in [5.41, 5.74) is 2.55. The van der Waals surface area contributed by atoms with Crippen LogP contribution in [0.1, 0.15) is 43.2 Å². The van der Waals surface area contributed by atoms with E-state index in [1.807, 2.05) is 17.0 Å². The molecule has 1 aromatic rings. The molecule has 0 aliphatic carbocycles. The molecular weight excluding hydrogens is 294 g/mol. The summed E-state index contributed by atoms with van der Waals surface area (Å²) in [5, 5.41) is 9.00. The normalized spacial score (nSPS) is 30.6. The second kappa shape index (κ2) is 6.32. The molecular formula is C18H23NO4. The number of ether oxygens (including phenoxy) is 1. The first kappa shape index (κ1) is 16.0. The van der Waals surface area contributed by atoms with Crippen molar-refractivity contribution in [1.29, 1.82) is 0 Å². The molecule has 2 fully saturated rings. The molecule has 3 rings (SSSR count). The van der Waals surface area contributed by atoms with Gasteiger partial charge in [0, 0.05) is 18.5 Å². The number of aryl methyl sites for hydroxylation is 1. The minimum atomic E-state index is -0.979. The third-order valence-electron chi connectivity index (χ3n) is 5.06. The van der Waals surface area contributed by atoms with E-state index in [1.165, 1.54) is 11.1 Å². The lowest BCUT2D eigenvalue weighted by atomic mass is 9.93. The third-order valence-corrected chi connectivity index (χ3v) is 5.06. The third kappa shape index (κ3) is 3.11. The fraction of sp³-hybridized carbons (Fsp3) is 0.556. The monoisotopic (exact) mass is 317 g/mol. The van der Waals surface area contributed by atoms with E-state index in [0.717, 1.165) is 6.42 Å². The van der Waals surface area contributed by atoms with Gasteiger partial charge in [0.15, 0.2) is 6.10 Å². The van der Waals surface area contributed by atoms with Crippen LogP contribution in [-0.4, -0.2) is 46.7 Å². The lowest BCUT2D eigenvalue weighted by Gasteiger charge is -2.24. The largest absolute Gasteiger partial charge is 0.479 e. The van der Waals surface area contributed by atoms with Gasteiger partial charge in [-0.3, -0.25) is 4.79 Å². The average Bonchev–Trinajstić information content (AvgIpc) is 3.14. The highest BCUT2D eigenvalue weighted by molar-refractivity contribution is 5.83. The number of carboxylic acids is 1. The number of carbonyl (C=O) groups is 2. The van der Waals surface area contributed by atoms with Crippen molar-refractivity contribution in [3.63, 3.8) is 0 Å². The Morgan fingerprint density at radius 1 is 1.22 bits per heavy atom. The zero-order chi connectivity index (χ0) is 16.6. The van der Waals surface area contributed by atoms with Crippen molar-refractivity contribution in [2.45, 2.75) is 57.3 Å². The standard InChI is InChI=1S/C18H23NO4/c1-11-5-3-4-6-14(11)13-9-12(2)19(10-13)17(20)15-7-8-16(23-15)18(21)22/h3-6,12-13,15-16H,7-10H2,1-2H3,(H,21,22)/t12?,13?,15-,16+/m0/s1. The molecule has 2 aliphatic heterocycles. The van der Waals surface area contributed by atoms with E-state index in [2.05, 4.69) is 26.0 Å². The summed E-state index contributed by atoms with van der Waals surface area (Å²) >= 11 is 0. The predicted molar refractivity (Wildman–Crippen MR) is 85.2 cm³/mol. The van der Waals surface area contributed by atoms with E-state index < -0.39 is 18.2 Å². The highest BCUT2D eigenvalue weighted by Crippen LogP contribution is 2.34. The number of rotatable bonds is 3. The molecule has 0 spiro atoms. The molecule has 2 saturated heterocycles. The Bertz CT molecular complexity index is 615. The molecule has 0 saturated carbocycles. The van der Waals surface area contributed by atoms with Crippen molar-refractivity contribution in [3.8, 4) is 0 Å². The number of carboxylic acid groups (broad SMARTS) is 1. The van der Waals surface area contributed by atoms with Crippen LogP contribution in [0.4, 0.5) is 0 Å². The maximum absolute atomic E-state index is 12.7. The molecule has 5 heteroatoms. The second-order valence-corrected chi connectivity index (χ2v) is 6.66. The van der Waals surface area contributed by atoms with Gasteiger partial charge in [0.1, 0.15) is 6.10 Å². The molecule has 2 unspecified atom stereocenters. The Kier molecular flexibility index (Phi) is 4.39. The first-order valence-corrected chi connectivity index (χ1v) is 8.21. The highest BCUT2D eigenvalue weighted by Gasteiger charge is 2.41. The number of carbonyl (C=O) groups excluding carboxylic acids is 1. The van der Waals surface area contributed by atoms with Gasteiger partial charge in [-0.05, 0) is 44.2 Å². The van der Waals surface area contributed by atoms with E-state index in [1.54, 1.807) is 0 Å². The van der Waals surface area contributed by atoms with Crippen LogP contribution in [-0.2, 0) is 14.3 Å². The fourth-order valence-electron chi connectivity index (χ4n) is 3.79. The van der Waals surface area contributed by atoms with Gasteiger partial charge < -0.3 is 14.7 Å². The first-order valence-electron chi connectivity index (χ1n) is 8.21. The van der Waals surface area contributed by atoms with Crippen LogP contribution in [0.25, 0.3) is 0 Å². The second-order valence-electron chi connectivity index (χ2n) is 6.66. The van der Waals surface area contributed by atoms with Crippen molar-refractivity contribution >= 4 is 11.9 Å². The summed E-state index contributed by atoms with van der Waals surface area (Å²) in [6.07, 6.45) is 0.401. The predicted octanol–water partition coefficient (Wildman–Crippen LogP) is 2.33. The fourth-order valence-corrected chi connectivity index (χ4v) is 3.79. The van der Waals surface area contributed by atoms with E-state index in [4.69, 9.17) is 9.84 Å². The van der Waals surface area contributed by atoms with Crippen LogP contribution in [0.15, 0.2) is 24.3 Å². The van der Waals surface area contributed by atoms with Gasteiger partial charge in [0.25, 0.3) is 5.91 Å². The molecule has 5 nitrogen and oxygen atoms in total. The van der Waals surface area contributed by atoms with Crippen LogP contribution >= 0.6 is 0 Å². The molecule has 4 atom stereocenters. The molecule has 124 valence electrons. The van der Waals surface area contributed by atoms with E-state index in [-0.39, 0.29) is 11.9 Å². The van der Waals surface area contributed by atoms with Crippen LogP contribution in [0, 0.1) is 6.92 Å². The van der Waals surface area contributed by atoms with Crippen molar-refractivity contribution in [3.05, 3.63) is 35.4 Å². The molecule has 0 radical (unpaired) electrons. The number of benzene rings is 1. The van der Waals surface area contributed by atoms with Gasteiger partial charge in [0.2, 0.25) is 0 Å². The minimum absolute atomic E-state index is 0.0580. The first-order chi connectivity index (χ1) is 11.0.